The van der Waals surface area contributed by atoms with E-state index in [4.69, 9.17) is 4.74 Å². The number of hydrogen-bond acceptors (Lipinski definition) is 12. The van der Waals surface area contributed by atoms with Gasteiger partial charge in [-0.05, 0) is 110 Å². The molecule has 71 heavy (non-hydrogen) atoms. The van der Waals surface area contributed by atoms with Gasteiger partial charge in [0.25, 0.3) is 17.7 Å². The van der Waals surface area contributed by atoms with Crippen LogP contribution >= 0.6 is 0 Å². The van der Waals surface area contributed by atoms with Gasteiger partial charge in [0.15, 0.2) is 5.82 Å². The quantitative estimate of drug-likeness (QED) is 0.0418. The summed E-state index contributed by atoms with van der Waals surface area (Å²) in [4.78, 5) is 82.3. The molecule has 372 valence electrons. The van der Waals surface area contributed by atoms with Crippen LogP contribution in [0.5, 0.6) is 0 Å². The normalized spacial score (nSPS) is 17.6. The minimum absolute atomic E-state index is 0.00129. The third kappa shape index (κ3) is 11.9. The number of unbranched alkanes of at least 4 members (excludes halogenated alkanes) is 4. The first-order chi connectivity index (χ1) is 34.4. The molecule has 1 unspecified atom stereocenters. The SMILES string of the molecule is O=C(CN1CCN(c2ccc(C(=O)Nc3n[nH]c4ccc(Cc5cc(F)cc(F)c5)cc34)c(NC3CCOCC3)c2)CC1)NCCCCCCCNc1ccc2c(c1)C(=O)N(C1CCC(=O)NC1=O)C2=O. The van der Waals surface area contributed by atoms with Crippen molar-refractivity contribution >= 4 is 69.2 Å². The van der Waals surface area contributed by atoms with Crippen molar-refractivity contribution in [2.45, 2.75) is 76.3 Å². The fourth-order valence-corrected chi connectivity index (χ4v) is 9.74. The van der Waals surface area contributed by atoms with Gasteiger partial charge in [-0.2, -0.15) is 5.10 Å². The molecule has 1 atom stereocenters. The Hall–Kier alpha value is -7.25. The molecular weight excluding hydrogens is 915 g/mol. The maximum Gasteiger partial charge on any atom is 0.262 e. The highest BCUT2D eigenvalue weighted by Gasteiger charge is 2.44. The van der Waals surface area contributed by atoms with Crippen LogP contribution in [0, 0.1) is 11.6 Å². The van der Waals surface area contributed by atoms with E-state index in [9.17, 15) is 37.5 Å². The molecule has 17 nitrogen and oxygen atoms in total. The van der Waals surface area contributed by atoms with Crippen molar-refractivity contribution in [2.24, 2.45) is 0 Å². The van der Waals surface area contributed by atoms with Gasteiger partial charge in [0, 0.05) is 93.5 Å². The number of piperidine rings is 1. The Balaban J connectivity index is 0.697. The average molecular weight is 973 g/mol. The number of aromatic amines is 1. The van der Waals surface area contributed by atoms with E-state index in [1.807, 2.05) is 36.4 Å². The molecule has 4 aliphatic heterocycles. The van der Waals surface area contributed by atoms with Crippen molar-refractivity contribution < 1.29 is 42.3 Å². The van der Waals surface area contributed by atoms with Crippen LogP contribution in [0.2, 0.25) is 0 Å². The van der Waals surface area contributed by atoms with E-state index in [-0.39, 0.29) is 41.8 Å². The molecular formula is C52H58F2N10O7. The number of ether oxygens (including phenoxy) is 1. The van der Waals surface area contributed by atoms with E-state index in [0.717, 1.165) is 67.2 Å². The first-order valence-corrected chi connectivity index (χ1v) is 24.5. The smallest absolute Gasteiger partial charge is 0.262 e. The lowest BCUT2D eigenvalue weighted by atomic mass is 10.0. The van der Waals surface area contributed by atoms with Gasteiger partial charge < -0.3 is 30.9 Å². The number of nitrogens with zero attached hydrogens (tertiary/aromatic N) is 4. The van der Waals surface area contributed by atoms with E-state index < -0.39 is 41.3 Å². The number of hydrogen-bond donors (Lipinski definition) is 6. The van der Waals surface area contributed by atoms with Gasteiger partial charge in [-0.3, -0.25) is 49.0 Å². The van der Waals surface area contributed by atoms with Crippen molar-refractivity contribution in [3.8, 4) is 0 Å². The van der Waals surface area contributed by atoms with Crippen LogP contribution in [0.1, 0.15) is 100.0 Å². The summed E-state index contributed by atoms with van der Waals surface area (Å²) in [5.41, 5.74) is 5.35. The number of halogens is 2. The highest BCUT2D eigenvalue weighted by Crippen LogP contribution is 2.32. The Morgan fingerprint density at radius 1 is 0.761 bits per heavy atom. The van der Waals surface area contributed by atoms with Crippen LogP contribution in [-0.2, 0) is 25.5 Å². The fourth-order valence-electron chi connectivity index (χ4n) is 9.74. The zero-order valence-corrected chi connectivity index (χ0v) is 39.4. The van der Waals surface area contributed by atoms with Gasteiger partial charge in [0.2, 0.25) is 17.7 Å². The van der Waals surface area contributed by atoms with Crippen molar-refractivity contribution in [1.82, 2.24) is 30.6 Å². The third-order valence-corrected chi connectivity index (χ3v) is 13.6. The van der Waals surface area contributed by atoms with Gasteiger partial charge in [0.05, 0.1) is 28.8 Å². The molecule has 5 heterocycles. The number of piperazine rings is 1. The lowest BCUT2D eigenvalue weighted by molar-refractivity contribution is -0.136. The minimum Gasteiger partial charge on any atom is -0.385 e. The van der Waals surface area contributed by atoms with Crippen molar-refractivity contribution in [2.75, 3.05) is 79.9 Å². The first-order valence-electron chi connectivity index (χ1n) is 24.5. The van der Waals surface area contributed by atoms with Crippen LogP contribution in [0.4, 0.5) is 31.7 Å². The Bertz CT molecular complexity index is 2800. The molecule has 9 rings (SSSR count). The molecule has 4 aromatic carbocycles. The minimum atomic E-state index is -0.996. The summed E-state index contributed by atoms with van der Waals surface area (Å²) >= 11 is 0. The maximum atomic E-state index is 14.0. The summed E-state index contributed by atoms with van der Waals surface area (Å²) < 4.78 is 33.4. The summed E-state index contributed by atoms with van der Waals surface area (Å²) in [6.07, 6.45) is 6.82. The van der Waals surface area contributed by atoms with E-state index in [1.165, 1.54) is 12.1 Å². The molecule has 3 fully saturated rings. The van der Waals surface area contributed by atoms with Crippen LogP contribution in [0.15, 0.2) is 72.8 Å². The average Bonchev–Trinajstić information content (AvgIpc) is 3.86. The second kappa shape index (κ2) is 22.2. The number of carbonyl (C=O) groups is 6. The van der Waals surface area contributed by atoms with Crippen LogP contribution in [-0.4, -0.2) is 127 Å². The third-order valence-electron chi connectivity index (χ3n) is 13.6. The molecule has 6 amide bonds. The summed E-state index contributed by atoms with van der Waals surface area (Å²) in [6.45, 7) is 5.69. The van der Waals surface area contributed by atoms with Crippen LogP contribution < -0.4 is 31.5 Å². The Morgan fingerprint density at radius 2 is 1.51 bits per heavy atom. The summed E-state index contributed by atoms with van der Waals surface area (Å²) in [5.74, 6) is -3.37. The zero-order valence-electron chi connectivity index (χ0n) is 39.4. The Kier molecular flexibility index (Phi) is 15.3. The van der Waals surface area contributed by atoms with Crippen molar-refractivity contribution in [3.63, 3.8) is 0 Å². The zero-order chi connectivity index (χ0) is 49.4. The lowest BCUT2D eigenvalue weighted by Gasteiger charge is -2.36. The highest BCUT2D eigenvalue weighted by molar-refractivity contribution is 6.23. The highest BCUT2D eigenvalue weighted by atomic mass is 19.1. The number of fused-ring (bicyclic) bond motifs is 2. The molecule has 0 radical (unpaired) electrons. The van der Waals surface area contributed by atoms with E-state index in [0.29, 0.717) is 105 Å². The Morgan fingerprint density at radius 3 is 2.28 bits per heavy atom. The second-order valence-corrected chi connectivity index (χ2v) is 18.6. The molecule has 4 aliphatic rings. The molecule has 0 saturated carbocycles. The standard InChI is InChI=1S/C52H58F2N10O7/c53-34-25-33(26-35(54)28-34)24-32-6-11-43-42(27-32)48(61-60-43)59-49(67)40-10-8-38(30-44(40)57-36-14-22-71-23-15-36)63-20-18-62(19-21-63)31-47(66)56-17-5-3-1-2-4-16-55-37-7-9-39-41(29-37)52(70)64(51(39)69)45-12-13-46(65)58-50(45)68/h6-11,25-30,36,45,55,57H,1-5,12-24,31H2,(H,56,66)(H,58,65,68)(H2,59,60,61,67). The molecule has 6 N–H and O–H groups in total. The van der Waals surface area contributed by atoms with Gasteiger partial charge in [0.1, 0.15) is 17.7 Å². The van der Waals surface area contributed by atoms with Gasteiger partial charge in [-0.1, -0.05) is 25.3 Å². The van der Waals surface area contributed by atoms with Crippen molar-refractivity contribution in [1.29, 1.82) is 0 Å². The summed E-state index contributed by atoms with van der Waals surface area (Å²) in [6, 6.07) is 18.9. The van der Waals surface area contributed by atoms with Crippen LogP contribution in [0.3, 0.4) is 0 Å². The number of imide groups is 2. The number of anilines is 4. The number of benzene rings is 4. The maximum absolute atomic E-state index is 14.0. The van der Waals surface area contributed by atoms with Gasteiger partial charge in [-0.25, -0.2) is 8.78 Å². The summed E-state index contributed by atoms with van der Waals surface area (Å²) in [7, 11) is 0. The molecule has 5 aromatic rings. The topological polar surface area (TPSA) is 210 Å². The predicted octanol–water partition coefficient (Wildman–Crippen LogP) is 5.98. The number of rotatable bonds is 19. The number of aromatic nitrogens is 2. The number of carbonyl (C=O) groups excluding carboxylic acids is 6. The first kappa shape index (κ1) is 48.8. The Labute approximate surface area is 409 Å². The number of amides is 6. The lowest BCUT2D eigenvalue weighted by Crippen LogP contribution is -2.54. The number of H-pyrrole nitrogens is 1. The molecule has 0 aliphatic carbocycles. The fraction of sp³-hybridized carbons (Fsp3) is 0.404. The van der Waals surface area contributed by atoms with Crippen molar-refractivity contribution in [3.05, 3.63) is 112 Å². The van der Waals surface area contributed by atoms with Crippen LogP contribution in [0.25, 0.3) is 10.9 Å². The molecule has 19 heteroatoms. The predicted molar refractivity (Wildman–Crippen MR) is 263 cm³/mol. The monoisotopic (exact) mass is 972 g/mol. The second-order valence-electron chi connectivity index (χ2n) is 18.6. The largest absolute Gasteiger partial charge is 0.385 e. The summed E-state index contributed by atoms with van der Waals surface area (Å²) in [5, 5.41) is 23.2. The molecule has 0 bridgehead atoms. The molecule has 3 saturated heterocycles. The van der Waals surface area contributed by atoms with E-state index in [1.54, 1.807) is 18.2 Å². The van der Waals surface area contributed by atoms with E-state index >= 15 is 0 Å². The van der Waals surface area contributed by atoms with Gasteiger partial charge in [-0.15, -0.1) is 0 Å². The number of nitrogens with one attached hydrogen (secondary N) is 6. The molecule has 1 aromatic heterocycles. The molecule has 0 spiro atoms. The van der Waals surface area contributed by atoms with Gasteiger partial charge >= 0.3 is 0 Å². The van der Waals surface area contributed by atoms with E-state index in [2.05, 4.69) is 46.6 Å².